The van der Waals surface area contributed by atoms with Crippen molar-refractivity contribution in [2.75, 3.05) is 6.26 Å². The van der Waals surface area contributed by atoms with Crippen LogP contribution in [-0.4, -0.2) is 36.2 Å². The molecule has 33 heavy (non-hydrogen) atoms. The predicted molar refractivity (Wildman–Crippen MR) is 126 cm³/mol. The van der Waals surface area contributed by atoms with Crippen molar-refractivity contribution in [2.24, 2.45) is 0 Å². The van der Waals surface area contributed by atoms with Crippen LogP contribution in [0.25, 0.3) is 27.8 Å². The number of hydrogen-bond donors (Lipinski definition) is 1. The molecule has 1 aliphatic rings. The van der Waals surface area contributed by atoms with E-state index in [1.165, 1.54) is 6.26 Å². The van der Waals surface area contributed by atoms with Gasteiger partial charge < -0.3 is 9.88 Å². The number of aromatic nitrogens is 2. The van der Waals surface area contributed by atoms with Gasteiger partial charge in [-0.1, -0.05) is 24.3 Å². The molecule has 1 N–H and O–H groups in total. The molecule has 2 aromatic heterocycles. The van der Waals surface area contributed by atoms with Crippen LogP contribution >= 0.6 is 0 Å². The Bertz CT molecular complexity index is 1550. The highest BCUT2D eigenvalue weighted by Crippen LogP contribution is 2.25. The molecular formula is C25H21N3O4S. The van der Waals surface area contributed by atoms with E-state index >= 15 is 0 Å². The van der Waals surface area contributed by atoms with Gasteiger partial charge in [-0.25, -0.2) is 13.4 Å². The van der Waals surface area contributed by atoms with E-state index in [2.05, 4.69) is 10.3 Å². The van der Waals surface area contributed by atoms with Crippen molar-refractivity contribution >= 4 is 26.8 Å². The number of sulfone groups is 1. The molecule has 1 saturated carbocycles. The van der Waals surface area contributed by atoms with E-state index in [1.807, 2.05) is 24.3 Å². The SMILES string of the molecule is CS(=O)(=O)c1ccc(-c2cccc(-n3cc(C(=O)NC4CC4)c(=O)c4cccnc43)c2)cc1. The third-order valence-corrected chi connectivity index (χ3v) is 6.79. The maximum Gasteiger partial charge on any atom is 0.257 e. The summed E-state index contributed by atoms with van der Waals surface area (Å²) >= 11 is 0. The molecule has 0 bridgehead atoms. The second-order valence-electron chi connectivity index (χ2n) is 8.21. The fourth-order valence-electron chi connectivity index (χ4n) is 3.74. The molecule has 2 heterocycles. The lowest BCUT2D eigenvalue weighted by Crippen LogP contribution is -2.31. The normalized spacial score (nSPS) is 13.7. The first-order chi connectivity index (χ1) is 15.8. The second-order valence-corrected chi connectivity index (χ2v) is 10.2. The zero-order chi connectivity index (χ0) is 23.2. The van der Waals surface area contributed by atoms with E-state index in [9.17, 15) is 18.0 Å². The van der Waals surface area contributed by atoms with Crippen molar-refractivity contribution < 1.29 is 13.2 Å². The quantitative estimate of drug-likeness (QED) is 0.494. The molecule has 7 nitrogen and oxygen atoms in total. The molecule has 8 heteroatoms. The molecule has 1 aliphatic carbocycles. The Morgan fingerprint density at radius 1 is 1.03 bits per heavy atom. The van der Waals surface area contributed by atoms with Gasteiger partial charge in [0, 0.05) is 30.4 Å². The van der Waals surface area contributed by atoms with Crippen LogP contribution < -0.4 is 10.7 Å². The van der Waals surface area contributed by atoms with Crippen LogP contribution in [0.4, 0.5) is 0 Å². The highest BCUT2D eigenvalue weighted by atomic mass is 32.2. The van der Waals surface area contributed by atoms with Crippen molar-refractivity contribution in [1.82, 2.24) is 14.9 Å². The van der Waals surface area contributed by atoms with Gasteiger partial charge in [0.1, 0.15) is 11.2 Å². The van der Waals surface area contributed by atoms with Gasteiger partial charge in [0.15, 0.2) is 9.84 Å². The summed E-state index contributed by atoms with van der Waals surface area (Å²) in [6.07, 6.45) is 6.18. The van der Waals surface area contributed by atoms with Crippen LogP contribution in [0.5, 0.6) is 0 Å². The van der Waals surface area contributed by atoms with E-state index in [0.29, 0.717) is 11.0 Å². The summed E-state index contributed by atoms with van der Waals surface area (Å²) in [6, 6.07) is 17.7. The smallest absolute Gasteiger partial charge is 0.257 e. The molecule has 1 fully saturated rings. The number of fused-ring (bicyclic) bond motifs is 1. The summed E-state index contributed by atoms with van der Waals surface area (Å²) in [5, 5.41) is 3.25. The van der Waals surface area contributed by atoms with Crippen LogP contribution in [0.3, 0.4) is 0 Å². The molecule has 4 aromatic rings. The highest BCUT2D eigenvalue weighted by molar-refractivity contribution is 7.90. The topological polar surface area (TPSA) is 98.1 Å². The molecule has 0 atom stereocenters. The fourth-order valence-corrected chi connectivity index (χ4v) is 4.37. The minimum atomic E-state index is -3.28. The van der Waals surface area contributed by atoms with Crippen molar-refractivity contribution in [2.45, 2.75) is 23.8 Å². The first kappa shape index (κ1) is 21.1. The Kier molecular flexibility index (Phi) is 5.09. The number of benzene rings is 2. The molecule has 0 unspecified atom stereocenters. The van der Waals surface area contributed by atoms with Gasteiger partial charge in [-0.3, -0.25) is 9.59 Å². The average Bonchev–Trinajstić information content (AvgIpc) is 3.63. The van der Waals surface area contributed by atoms with Gasteiger partial charge in [0.25, 0.3) is 5.91 Å². The van der Waals surface area contributed by atoms with E-state index in [1.54, 1.807) is 53.4 Å². The third-order valence-electron chi connectivity index (χ3n) is 5.66. The molecule has 5 rings (SSSR count). The largest absolute Gasteiger partial charge is 0.349 e. The molecule has 0 saturated heterocycles. The standard InChI is InChI=1S/C25H21N3O4S/c1-33(31,32)20-11-7-16(8-12-20)17-4-2-5-19(14-17)28-15-22(25(30)27-18-9-10-18)23(29)21-6-3-13-26-24(21)28/h2-8,11-15,18H,9-10H2,1H3,(H,27,30). The number of nitrogens with zero attached hydrogens (tertiary/aromatic N) is 2. The van der Waals surface area contributed by atoms with Crippen molar-refractivity contribution in [3.05, 3.63) is 88.8 Å². The molecule has 2 aromatic carbocycles. The molecule has 1 amide bonds. The first-order valence-corrected chi connectivity index (χ1v) is 12.4. The summed E-state index contributed by atoms with van der Waals surface area (Å²) in [6.45, 7) is 0. The highest BCUT2D eigenvalue weighted by Gasteiger charge is 2.26. The summed E-state index contributed by atoms with van der Waals surface area (Å²) in [4.78, 5) is 30.4. The number of carbonyl (C=O) groups excluding carboxylic acids is 1. The summed E-state index contributed by atoms with van der Waals surface area (Å²) < 4.78 is 25.3. The number of rotatable bonds is 5. The van der Waals surface area contributed by atoms with Crippen LogP contribution in [0, 0.1) is 0 Å². The van der Waals surface area contributed by atoms with E-state index in [4.69, 9.17) is 0 Å². The molecule has 166 valence electrons. The van der Waals surface area contributed by atoms with Crippen LogP contribution in [-0.2, 0) is 9.84 Å². The first-order valence-electron chi connectivity index (χ1n) is 10.5. The van der Waals surface area contributed by atoms with Gasteiger partial charge in [0.05, 0.1) is 10.3 Å². The lowest BCUT2D eigenvalue weighted by Gasteiger charge is -2.14. The number of hydrogen-bond acceptors (Lipinski definition) is 5. The lowest BCUT2D eigenvalue weighted by atomic mass is 10.0. The van der Waals surface area contributed by atoms with Crippen molar-refractivity contribution in [3.8, 4) is 16.8 Å². The second kappa shape index (κ2) is 7.97. The third kappa shape index (κ3) is 4.17. The summed E-state index contributed by atoms with van der Waals surface area (Å²) in [7, 11) is -3.28. The Morgan fingerprint density at radius 2 is 1.79 bits per heavy atom. The van der Waals surface area contributed by atoms with Gasteiger partial charge in [0.2, 0.25) is 5.43 Å². The van der Waals surface area contributed by atoms with Gasteiger partial charge in [-0.15, -0.1) is 0 Å². The van der Waals surface area contributed by atoms with E-state index in [-0.39, 0.29) is 27.8 Å². The number of pyridine rings is 2. The zero-order valence-corrected chi connectivity index (χ0v) is 18.7. The maximum atomic E-state index is 13.0. The van der Waals surface area contributed by atoms with Crippen molar-refractivity contribution in [3.63, 3.8) is 0 Å². The summed E-state index contributed by atoms with van der Waals surface area (Å²) in [5.74, 6) is -0.380. The van der Waals surface area contributed by atoms with Crippen LogP contribution in [0.1, 0.15) is 23.2 Å². The molecular weight excluding hydrogens is 438 g/mol. The lowest BCUT2D eigenvalue weighted by molar-refractivity contribution is 0.0949. The summed E-state index contributed by atoms with van der Waals surface area (Å²) in [5.41, 5.74) is 2.61. The molecule has 0 aliphatic heterocycles. The van der Waals surface area contributed by atoms with Crippen molar-refractivity contribution in [1.29, 1.82) is 0 Å². The van der Waals surface area contributed by atoms with Crippen LogP contribution in [0.15, 0.2) is 82.7 Å². The number of amides is 1. The minimum Gasteiger partial charge on any atom is -0.349 e. The van der Waals surface area contributed by atoms with Gasteiger partial charge in [-0.05, 0) is 60.4 Å². The molecule has 0 radical (unpaired) electrons. The Hall–Kier alpha value is -3.78. The Morgan fingerprint density at radius 3 is 2.48 bits per heavy atom. The maximum absolute atomic E-state index is 13.0. The van der Waals surface area contributed by atoms with Crippen LogP contribution in [0.2, 0.25) is 0 Å². The predicted octanol–water partition coefficient (Wildman–Crippen LogP) is 3.35. The Balaban J connectivity index is 1.63. The molecule has 0 spiro atoms. The van der Waals surface area contributed by atoms with Gasteiger partial charge >= 0.3 is 0 Å². The zero-order valence-electron chi connectivity index (χ0n) is 17.9. The van der Waals surface area contributed by atoms with Gasteiger partial charge in [-0.2, -0.15) is 0 Å². The average molecular weight is 460 g/mol. The van der Waals surface area contributed by atoms with E-state index in [0.717, 1.165) is 29.7 Å². The monoisotopic (exact) mass is 459 g/mol. The van der Waals surface area contributed by atoms with E-state index < -0.39 is 9.84 Å². The Labute approximate surface area is 190 Å². The number of carbonyl (C=O) groups is 1. The number of nitrogens with one attached hydrogen (secondary N) is 1. The minimum absolute atomic E-state index is 0.0744. The fraction of sp³-hybridized carbons (Fsp3) is 0.160.